The summed E-state index contributed by atoms with van der Waals surface area (Å²) in [4.78, 5) is 4.29. The molecule has 0 aliphatic carbocycles. The minimum absolute atomic E-state index is 0.352. The first kappa shape index (κ1) is 5.71. The number of rotatable bonds is 0. The first-order valence-electron chi connectivity index (χ1n) is 3.51. The van der Waals surface area contributed by atoms with Crippen molar-refractivity contribution >= 4 is 6.21 Å². The molecule has 0 fully saturated rings. The monoisotopic (exact) mass is 134 g/mol. The van der Waals surface area contributed by atoms with Crippen molar-refractivity contribution in [3.05, 3.63) is 23.9 Å². The van der Waals surface area contributed by atoms with Gasteiger partial charge in [-0.05, 0) is 19.1 Å². The fourth-order valence-corrected chi connectivity index (χ4v) is 1.37. The molecule has 0 radical (unpaired) electrons. The van der Waals surface area contributed by atoms with Crippen molar-refractivity contribution in [2.45, 2.75) is 19.0 Å². The minimum Gasteiger partial charge on any atom is -0.380 e. The smallest absolute Gasteiger partial charge is 0.0936 e. The van der Waals surface area contributed by atoms with Crippen LogP contribution in [-0.2, 0) is 0 Å². The van der Waals surface area contributed by atoms with Crippen LogP contribution in [0.5, 0.6) is 0 Å². The van der Waals surface area contributed by atoms with Gasteiger partial charge in [-0.3, -0.25) is 4.99 Å². The van der Waals surface area contributed by atoms with Crippen LogP contribution in [0.4, 0.5) is 0 Å². The molecule has 2 aliphatic heterocycles. The summed E-state index contributed by atoms with van der Waals surface area (Å²) in [7, 11) is 0. The third-order valence-corrected chi connectivity index (χ3v) is 1.85. The molecule has 2 unspecified atom stereocenters. The zero-order chi connectivity index (χ0) is 6.97. The SMILES string of the molecule is CC1=CC2N=CC=CC2N1. The van der Waals surface area contributed by atoms with Gasteiger partial charge in [-0.1, -0.05) is 6.08 Å². The molecule has 2 aliphatic rings. The van der Waals surface area contributed by atoms with E-state index in [1.54, 1.807) is 0 Å². The maximum atomic E-state index is 4.29. The minimum atomic E-state index is 0.352. The van der Waals surface area contributed by atoms with Crippen molar-refractivity contribution in [2.75, 3.05) is 0 Å². The molecule has 0 aromatic rings. The highest BCUT2D eigenvalue weighted by molar-refractivity contribution is 5.73. The number of aliphatic imine (C=N–C) groups is 1. The molecule has 0 aromatic heterocycles. The van der Waals surface area contributed by atoms with Gasteiger partial charge in [-0.15, -0.1) is 0 Å². The van der Waals surface area contributed by atoms with E-state index in [1.807, 2.05) is 12.3 Å². The van der Waals surface area contributed by atoms with Crippen molar-refractivity contribution in [3.63, 3.8) is 0 Å². The van der Waals surface area contributed by atoms with Crippen molar-refractivity contribution in [1.82, 2.24) is 5.32 Å². The molecule has 0 bridgehead atoms. The third kappa shape index (κ3) is 0.764. The topological polar surface area (TPSA) is 24.4 Å². The van der Waals surface area contributed by atoms with E-state index < -0.39 is 0 Å². The lowest BCUT2D eigenvalue weighted by atomic mass is 10.1. The van der Waals surface area contributed by atoms with Crippen LogP contribution in [-0.4, -0.2) is 18.3 Å². The Morgan fingerprint density at radius 3 is 3.30 bits per heavy atom. The van der Waals surface area contributed by atoms with E-state index in [2.05, 4.69) is 29.4 Å². The van der Waals surface area contributed by atoms with Crippen LogP contribution in [0.15, 0.2) is 28.9 Å². The highest BCUT2D eigenvalue weighted by atomic mass is 15.0. The number of fused-ring (bicyclic) bond motifs is 1. The summed E-state index contributed by atoms with van der Waals surface area (Å²) < 4.78 is 0. The maximum absolute atomic E-state index is 4.29. The predicted octanol–water partition coefficient (Wildman–Crippen LogP) is 0.871. The number of hydrogen-bond donors (Lipinski definition) is 1. The Hall–Kier alpha value is -1.05. The molecule has 0 amide bonds. The molecule has 2 heteroatoms. The molecular weight excluding hydrogens is 124 g/mol. The fourth-order valence-electron chi connectivity index (χ4n) is 1.37. The molecule has 1 N–H and O–H groups in total. The Bertz CT molecular complexity index is 225. The number of hydrogen-bond acceptors (Lipinski definition) is 2. The lowest BCUT2D eigenvalue weighted by molar-refractivity contribution is 0.655. The molecule has 0 saturated heterocycles. The van der Waals surface area contributed by atoms with Crippen LogP contribution in [0.2, 0.25) is 0 Å². The van der Waals surface area contributed by atoms with Gasteiger partial charge in [0.25, 0.3) is 0 Å². The molecular formula is C8H10N2. The van der Waals surface area contributed by atoms with Gasteiger partial charge < -0.3 is 5.32 Å². The predicted molar refractivity (Wildman–Crippen MR) is 42.1 cm³/mol. The normalized spacial score (nSPS) is 35.1. The second-order valence-electron chi connectivity index (χ2n) is 2.69. The molecule has 0 aromatic carbocycles. The Balaban J connectivity index is 2.24. The summed E-state index contributed by atoms with van der Waals surface area (Å²) in [5, 5.41) is 3.32. The van der Waals surface area contributed by atoms with Gasteiger partial charge in [-0.2, -0.15) is 0 Å². The average molecular weight is 134 g/mol. The standard InChI is InChI=1S/C8H10N2/c1-6-5-8-7(10-6)3-2-4-9-8/h2-5,7-8,10H,1H3. The van der Waals surface area contributed by atoms with Crippen molar-refractivity contribution in [1.29, 1.82) is 0 Å². The first-order valence-corrected chi connectivity index (χ1v) is 3.51. The third-order valence-electron chi connectivity index (χ3n) is 1.85. The first-order chi connectivity index (χ1) is 4.86. The highest BCUT2D eigenvalue weighted by Crippen LogP contribution is 2.15. The Labute approximate surface area is 60.3 Å². The Morgan fingerprint density at radius 2 is 2.50 bits per heavy atom. The lowest BCUT2D eigenvalue weighted by Crippen LogP contribution is -2.29. The summed E-state index contributed by atoms with van der Waals surface area (Å²) in [6, 6.07) is 0.773. The summed E-state index contributed by atoms with van der Waals surface area (Å²) in [6.45, 7) is 2.07. The quantitative estimate of drug-likeness (QED) is 0.522. The van der Waals surface area contributed by atoms with E-state index >= 15 is 0 Å². The Morgan fingerprint density at radius 1 is 1.60 bits per heavy atom. The van der Waals surface area contributed by atoms with Crippen LogP contribution in [0.3, 0.4) is 0 Å². The van der Waals surface area contributed by atoms with Crippen LogP contribution in [0, 0.1) is 0 Å². The molecule has 0 saturated carbocycles. The lowest BCUT2D eigenvalue weighted by Gasteiger charge is -2.14. The highest BCUT2D eigenvalue weighted by Gasteiger charge is 2.22. The number of allylic oxidation sites excluding steroid dienone is 2. The van der Waals surface area contributed by atoms with E-state index in [-0.39, 0.29) is 0 Å². The maximum Gasteiger partial charge on any atom is 0.0936 e. The number of nitrogens with zero attached hydrogens (tertiary/aromatic N) is 1. The van der Waals surface area contributed by atoms with Crippen molar-refractivity contribution < 1.29 is 0 Å². The van der Waals surface area contributed by atoms with Gasteiger partial charge >= 0.3 is 0 Å². The van der Waals surface area contributed by atoms with Crippen LogP contribution in [0.25, 0.3) is 0 Å². The average Bonchev–Trinajstić information content (AvgIpc) is 2.27. The van der Waals surface area contributed by atoms with E-state index in [9.17, 15) is 0 Å². The molecule has 2 nitrogen and oxygen atoms in total. The molecule has 10 heavy (non-hydrogen) atoms. The van der Waals surface area contributed by atoms with E-state index in [4.69, 9.17) is 0 Å². The summed E-state index contributed by atoms with van der Waals surface area (Å²) in [5.41, 5.74) is 1.23. The molecule has 2 heterocycles. The largest absolute Gasteiger partial charge is 0.380 e. The zero-order valence-corrected chi connectivity index (χ0v) is 5.91. The summed E-state index contributed by atoms with van der Waals surface area (Å²) >= 11 is 0. The fraction of sp³-hybridized carbons (Fsp3) is 0.375. The van der Waals surface area contributed by atoms with Gasteiger partial charge in [0.1, 0.15) is 0 Å². The summed E-state index contributed by atoms with van der Waals surface area (Å²) in [6.07, 6.45) is 8.15. The van der Waals surface area contributed by atoms with E-state index in [0.717, 1.165) is 0 Å². The molecule has 0 spiro atoms. The number of dihydropyridines is 1. The van der Waals surface area contributed by atoms with Crippen LogP contribution in [0.1, 0.15) is 6.92 Å². The second kappa shape index (κ2) is 1.97. The van der Waals surface area contributed by atoms with Gasteiger partial charge in [0.2, 0.25) is 0 Å². The van der Waals surface area contributed by atoms with Crippen LogP contribution < -0.4 is 5.32 Å². The second-order valence-corrected chi connectivity index (χ2v) is 2.69. The molecule has 2 rings (SSSR count). The Kier molecular flexibility index (Phi) is 1.13. The van der Waals surface area contributed by atoms with Gasteiger partial charge in [0.05, 0.1) is 12.1 Å². The van der Waals surface area contributed by atoms with E-state index in [1.165, 1.54) is 5.70 Å². The van der Waals surface area contributed by atoms with Crippen LogP contribution >= 0.6 is 0 Å². The van der Waals surface area contributed by atoms with Gasteiger partial charge in [0.15, 0.2) is 0 Å². The van der Waals surface area contributed by atoms with Crippen molar-refractivity contribution in [3.8, 4) is 0 Å². The van der Waals surface area contributed by atoms with Crippen molar-refractivity contribution in [2.24, 2.45) is 4.99 Å². The van der Waals surface area contributed by atoms with E-state index in [0.29, 0.717) is 12.1 Å². The zero-order valence-electron chi connectivity index (χ0n) is 5.91. The summed E-state index contributed by atoms with van der Waals surface area (Å²) in [5.74, 6) is 0. The van der Waals surface area contributed by atoms with Gasteiger partial charge in [-0.25, -0.2) is 0 Å². The van der Waals surface area contributed by atoms with Gasteiger partial charge in [0, 0.05) is 11.9 Å². The molecule has 2 atom stereocenters. The number of nitrogens with one attached hydrogen (secondary N) is 1. The molecule has 52 valence electrons.